The van der Waals surface area contributed by atoms with Gasteiger partial charge >= 0.3 is 11.9 Å². The summed E-state index contributed by atoms with van der Waals surface area (Å²) in [5.74, 6) is -10.9. The summed E-state index contributed by atoms with van der Waals surface area (Å²) < 4.78 is 17.8. The maximum atomic E-state index is 15.4. The highest BCUT2D eigenvalue weighted by molar-refractivity contribution is 5.99. The number of esters is 2. The molecule has 464 valence electrons. The summed E-state index contributed by atoms with van der Waals surface area (Å²) in [5, 5.41) is 53.5. The molecule has 1 unspecified atom stereocenters. The zero-order valence-corrected chi connectivity index (χ0v) is 50.0. The number of nitrogens with two attached hydrogens (primary N) is 1. The van der Waals surface area contributed by atoms with E-state index < -0.39 is 156 Å². The zero-order chi connectivity index (χ0) is 61.7. The molecule has 7 amide bonds. The summed E-state index contributed by atoms with van der Waals surface area (Å²) >= 11 is 0. The smallest absolute Gasteiger partial charge is 0.332 e. The van der Waals surface area contributed by atoms with Crippen molar-refractivity contribution in [3.05, 3.63) is 59.4 Å². The number of nitrogens with one attached hydrogen (secondary N) is 7. The average molecular weight is 1170 g/mol. The van der Waals surface area contributed by atoms with Crippen LogP contribution in [-0.2, 0) is 63.8 Å². The lowest BCUT2D eigenvalue weighted by Gasteiger charge is -2.40. The number of hydrogen-bond acceptors (Lipinski definition) is 17. The van der Waals surface area contributed by atoms with Crippen molar-refractivity contribution in [1.29, 1.82) is 0 Å². The average Bonchev–Trinajstić information content (AvgIpc) is 3.60. The van der Waals surface area contributed by atoms with Crippen molar-refractivity contribution in [2.24, 2.45) is 29.4 Å². The van der Waals surface area contributed by atoms with E-state index in [-0.39, 0.29) is 38.6 Å². The summed E-state index contributed by atoms with van der Waals surface area (Å²) in [7, 11) is 1.34. The van der Waals surface area contributed by atoms with Gasteiger partial charge in [0, 0.05) is 32.9 Å². The fourth-order valence-electron chi connectivity index (χ4n) is 10.1. The molecule has 2 saturated heterocycles. The molecule has 0 aromatic heterocycles. The van der Waals surface area contributed by atoms with Gasteiger partial charge in [0.25, 0.3) is 0 Å². The highest BCUT2D eigenvalue weighted by Gasteiger charge is 2.44. The van der Waals surface area contributed by atoms with Crippen LogP contribution in [0.4, 0.5) is 0 Å². The van der Waals surface area contributed by atoms with E-state index in [0.29, 0.717) is 36.4 Å². The minimum atomic E-state index is -1.95. The second-order valence-corrected chi connectivity index (χ2v) is 22.8. The Hall–Kier alpha value is -6.47. The third-order valence-electron chi connectivity index (χ3n) is 16.1. The van der Waals surface area contributed by atoms with Crippen molar-refractivity contribution in [2.75, 3.05) is 39.8 Å². The molecule has 1 aromatic rings. The fraction of sp³-hybridized carbons (Fsp3) is 0.678. The van der Waals surface area contributed by atoms with E-state index in [2.05, 4.69) is 37.2 Å². The number of nitrogens with zero attached hydrogens (tertiary/aromatic N) is 1. The van der Waals surface area contributed by atoms with Gasteiger partial charge in [0.05, 0.1) is 23.9 Å². The topological polar surface area (TPSA) is 355 Å². The number of benzene rings is 1. The minimum Gasteiger partial charge on any atom is -0.492 e. The van der Waals surface area contributed by atoms with E-state index in [9.17, 15) is 48.9 Å². The van der Waals surface area contributed by atoms with Crippen LogP contribution in [0.3, 0.4) is 0 Å². The maximum Gasteiger partial charge on any atom is 0.332 e. The zero-order valence-electron chi connectivity index (χ0n) is 50.0. The van der Waals surface area contributed by atoms with Crippen molar-refractivity contribution >= 4 is 53.3 Å². The van der Waals surface area contributed by atoms with Gasteiger partial charge in [0.1, 0.15) is 61.2 Å². The predicted molar refractivity (Wildman–Crippen MR) is 307 cm³/mol. The predicted octanol–water partition coefficient (Wildman–Crippen LogP) is 0.444. The number of allylic oxidation sites excluding steroid dienone is 3. The van der Waals surface area contributed by atoms with Crippen molar-refractivity contribution in [2.45, 2.75) is 193 Å². The van der Waals surface area contributed by atoms with Crippen molar-refractivity contribution in [3.8, 4) is 0 Å². The first-order valence-electron chi connectivity index (χ1n) is 29.2. The number of ether oxygens (including phenoxy) is 3. The summed E-state index contributed by atoms with van der Waals surface area (Å²) in [5.41, 5.74) is 5.05. The molecule has 4 aliphatic rings. The molecule has 24 heteroatoms. The van der Waals surface area contributed by atoms with E-state index in [1.54, 1.807) is 84.0 Å². The minimum absolute atomic E-state index is 0.0828. The molecule has 3 heterocycles. The van der Waals surface area contributed by atoms with Crippen LogP contribution < -0.4 is 43.0 Å². The molecule has 1 aliphatic carbocycles. The van der Waals surface area contributed by atoms with Gasteiger partial charge in [0.15, 0.2) is 6.04 Å². The van der Waals surface area contributed by atoms with Crippen LogP contribution in [0.1, 0.15) is 126 Å². The molecule has 3 aliphatic heterocycles. The third-order valence-corrected chi connectivity index (χ3v) is 16.1. The molecule has 24 nitrogen and oxygen atoms in total. The Bertz CT molecular complexity index is 2440. The summed E-state index contributed by atoms with van der Waals surface area (Å²) in [6, 6.07) is -1.37. The molecule has 14 atom stereocenters. The molecule has 1 aromatic carbocycles. The Morgan fingerprint density at radius 1 is 0.819 bits per heavy atom. The Morgan fingerprint density at radius 3 is 2.11 bits per heavy atom. The number of aliphatic hydroxyl groups is 3. The number of unbranched alkanes of at least 4 members (excludes halogenated alkanes) is 3. The van der Waals surface area contributed by atoms with Crippen LogP contribution in [0.2, 0.25) is 0 Å². The van der Waals surface area contributed by atoms with Gasteiger partial charge in [-0.3, -0.25) is 38.4 Å². The van der Waals surface area contributed by atoms with Crippen molar-refractivity contribution in [1.82, 2.24) is 42.1 Å². The van der Waals surface area contributed by atoms with E-state index in [1.807, 2.05) is 0 Å². The lowest BCUT2D eigenvalue weighted by Crippen LogP contribution is -2.62. The molecular formula is C59H93N9O15. The van der Waals surface area contributed by atoms with Crippen LogP contribution >= 0.6 is 0 Å². The first-order chi connectivity index (χ1) is 39.2. The van der Waals surface area contributed by atoms with E-state index in [0.717, 1.165) is 30.6 Å². The van der Waals surface area contributed by atoms with Crippen LogP contribution in [-0.4, -0.2) is 180 Å². The SMILES string of the molecule is CC[C@H](C)[C@H]1NC(=O)[C@@H](NC(=O)[C@H](C)[C@H](O)C(C)C)[C@@H](C)OC(=O)[C@@H]2COC(=O)CNC(=O)CCC(C)[C@](O)(CNCCCCCCN)[C@@H](C)OC3=CC=C(CC3)[C@H](NC1=O)C(=O)N(C)[C@@H](Cc1ccccc1)C(=O)N[C@H]([C@@H](C)O)C(=O)N2. The maximum absolute atomic E-state index is 15.4. The number of carbonyl (C=O) groups is 9. The van der Waals surface area contributed by atoms with Gasteiger partial charge in [-0.25, -0.2) is 4.79 Å². The Balaban J connectivity index is 1.99. The van der Waals surface area contributed by atoms with Gasteiger partial charge < -0.3 is 77.4 Å². The number of aliphatic hydroxyl groups excluding tert-OH is 2. The molecule has 4 bridgehead atoms. The van der Waals surface area contributed by atoms with E-state index in [1.165, 1.54) is 27.8 Å². The molecule has 2 fully saturated rings. The number of fused-ring (bicyclic) bond motifs is 13. The molecule has 12 N–H and O–H groups in total. The van der Waals surface area contributed by atoms with E-state index >= 15 is 9.59 Å². The van der Waals surface area contributed by atoms with Crippen LogP contribution in [0, 0.1) is 23.7 Å². The van der Waals surface area contributed by atoms with Gasteiger partial charge in [-0.15, -0.1) is 0 Å². The lowest BCUT2D eigenvalue weighted by atomic mass is 9.81. The highest BCUT2D eigenvalue weighted by Crippen LogP contribution is 2.32. The lowest BCUT2D eigenvalue weighted by molar-refractivity contribution is -0.160. The molecule has 5 rings (SSSR count). The number of carbonyl (C=O) groups excluding carboxylic acids is 9. The standard InChI is InChI=1S/C59H93N9O15/c1-11-34(4)47-54(75)67-50-41-22-24-42(25-23-41)83-39(9)59(80,32-61-28-18-13-12-17-27-60)35(5)21-26-45(70)62-30-46(71)81-31-43(58(79)82-38(8)49(56(77)64-47)66-52(73)36(6)51(72)33(2)3)63-55(76)48(37(7)69)65-53(74)44(68(10)57(50)78)29-40-19-15-14-16-20-40/h14-16,19-20,22,24,33-39,43-44,47-51,61,69,72,80H,11-13,17-18,21,23,25-32,60H2,1-10H3,(H,62,70)(H,63,76)(H,64,77)(H,65,74)(H,66,73)(H,67,75)/t34-,35?,36+,37+,38+,39+,43-,44-,47+,48+,49-,50-,51+,59+/m0/s1. The Kier molecular flexibility index (Phi) is 27.6. The van der Waals surface area contributed by atoms with Crippen molar-refractivity contribution < 1.29 is 72.7 Å². The third kappa shape index (κ3) is 20.1. The van der Waals surface area contributed by atoms with Crippen molar-refractivity contribution in [3.63, 3.8) is 0 Å². The molecule has 0 radical (unpaired) electrons. The highest BCUT2D eigenvalue weighted by atomic mass is 16.6. The monoisotopic (exact) mass is 1170 g/mol. The van der Waals surface area contributed by atoms with Gasteiger partial charge in [-0.1, -0.05) is 97.2 Å². The fourth-order valence-corrected chi connectivity index (χ4v) is 10.1. The van der Waals surface area contributed by atoms with Gasteiger partial charge in [-0.05, 0) is 94.5 Å². The molecule has 0 saturated carbocycles. The number of amides is 7. The summed E-state index contributed by atoms with van der Waals surface area (Å²) in [6.07, 6.45) is 1.82. The second-order valence-electron chi connectivity index (χ2n) is 22.8. The normalized spacial score (nSPS) is 28.6. The Labute approximate surface area is 488 Å². The summed E-state index contributed by atoms with van der Waals surface area (Å²) in [4.78, 5) is 131. The van der Waals surface area contributed by atoms with E-state index in [4.69, 9.17) is 19.9 Å². The largest absolute Gasteiger partial charge is 0.492 e. The van der Waals surface area contributed by atoms with Gasteiger partial charge in [0.2, 0.25) is 41.4 Å². The molecule has 0 spiro atoms. The number of rotatable bonds is 17. The first kappa shape index (κ1) is 69.0. The number of likely N-dealkylation sites (N-methyl/N-ethyl adjacent to an activating group) is 1. The Morgan fingerprint density at radius 2 is 1.48 bits per heavy atom. The number of cyclic esters (lactones) is 1. The molecule has 83 heavy (non-hydrogen) atoms. The second kappa shape index (κ2) is 33.1. The van der Waals surface area contributed by atoms with Crippen LogP contribution in [0.5, 0.6) is 0 Å². The summed E-state index contributed by atoms with van der Waals surface area (Å²) in [6.45, 7) is 13.7. The first-order valence-corrected chi connectivity index (χ1v) is 29.2. The number of hydrogen-bond donors (Lipinski definition) is 11. The van der Waals surface area contributed by atoms with Crippen LogP contribution in [0.25, 0.3) is 0 Å². The quantitative estimate of drug-likeness (QED) is 0.0745. The van der Waals surface area contributed by atoms with Crippen LogP contribution in [0.15, 0.2) is 53.8 Å². The van der Waals surface area contributed by atoms with Gasteiger partial charge in [-0.2, -0.15) is 0 Å². The molecular weight excluding hydrogens is 1070 g/mol.